The first-order chi connectivity index (χ1) is 10.0. The van der Waals surface area contributed by atoms with Gasteiger partial charge in [0.1, 0.15) is 0 Å². The van der Waals surface area contributed by atoms with Crippen LogP contribution in [-0.4, -0.2) is 25.3 Å². The van der Waals surface area contributed by atoms with Gasteiger partial charge in [0.2, 0.25) is 0 Å². The van der Waals surface area contributed by atoms with Crippen LogP contribution in [-0.2, 0) is 16.5 Å². The Bertz CT molecular complexity index is 755. The number of rotatable bonds is 5. The van der Waals surface area contributed by atoms with Crippen LogP contribution < -0.4 is 4.90 Å². The molecule has 5 heteroatoms. The molecule has 0 aromatic heterocycles. The summed E-state index contributed by atoms with van der Waals surface area (Å²) in [6.45, 7) is 4.06. The smallest absolute Gasteiger partial charge is 0.264 e. The van der Waals surface area contributed by atoms with Gasteiger partial charge in [0.15, 0.2) is 0 Å². The lowest BCUT2D eigenvalue weighted by Gasteiger charge is -2.18. The van der Waals surface area contributed by atoms with E-state index in [4.69, 9.17) is 4.55 Å². The molecule has 0 bridgehead atoms. The third kappa shape index (κ3) is 3.19. The molecule has 0 unspecified atom stereocenters. The van der Waals surface area contributed by atoms with Crippen molar-refractivity contribution in [1.29, 1.82) is 0 Å². The molecular formula is C16H17NO3S. The molecule has 0 aliphatic carbocycles. The SMILES string of the molecule is O=S(=O)(O)CCCCN1[C]Cc2c1ccc1ccccc21. The van der Waals surface area contributed by atoms with E-state index in [9.17, 15) is 8.42 Å². The topological polar surface area (TPSA) is 57.6 Å². The Morgan fingerprint density at radius 3 is 2.76 bits per heavy atom. The van der Waals surface area contributed by atoms with Crippen LogP contribution in [0, 0.1) is 6.54 Å². The predicted molar refractivity (Wildman–Crippen MR) is 83.9 cm³/mol. The van der Waals surface area contributed by atoms with Crippen molar-refractivity contribution in [3.05, 3.63) is 48.5 Å². The van der Waals surface area contributed by atoms with Gasteiger partial charge in [0.05, 0.1) is 12.3 Å². The number of benzene rings is 2. The summed E-state index contributed by atoms with van der Waals surface area (Å²) in [6, 6.07) is 12.5. The fourth-order valence-electron chi connectivity index (χ4n) is 2.78. The molecule has 0 saturated heterocycles. The van der Waals surface area contributed by atoms with Crippen LogP contribution in [0.2, 0.25) is 0 Å². The summed E-state index contributed by atoms with van der Waals surface area (Å²) in [6.07, 6.45) is 1.95. The Morgan fingerprint density at radius 2 is 1.95 bits per heavy atom. The highest BCUT2D eigenvalue weighted by Crippen LogP contribution is 2.35. The van der Waals surface area contributed by atoms with Crippen molar-refractivity contribution >= 4 is 26.6 Å². The number of anilines is 1. The lowest BCUT2D eigenvalue weighted by Crippen LogP contribution is -2.18. The standard InChI is InChI=1S/C16H17NO3S/c18-21(19,20)12-4-3-10-17-11-9-15-14-6-2-1-5-13(14)7-8-16(15)17/h1-2,5-8H,3-4,9-10,12H2,(H,18,19,20). The van der Waals surface area contributed by atoms with Gasteiger partial charge < -0.3 is 4.90 Å². The molecule has 4 nitrogen and oxygen atoms in total. The maximum atomic E-state index is 10.7. The number of nitrogens with zero attached hydrogens (tertiary/aromatic N) is 1. The van der Waals surface area contributed by atoms with E-state index >= 15 is 0 Å². The van der Waals surface area contributed by atoms with E-state index in [1.165, 1.54) is 16.3 Å². The zero-order valence-corrected chi connectivity index (χ0v) is 12.4. The van der Waals surface area contributed by atoms with Crippen LogP contribution in [0.1, 0.15) is 18.4 Å². The summed E-state index contributed by atoms with van der Waals surface area (Å²) in [7, 11) is -3.85. The fraction of sp³-hybridized carbons (Fsp3) is 0.312. The molecule has 0 fully saturated rings. The third-order valence-corrected chi connectivity index (χ3v) is 4.59. The van der Waals surface area contributed by atoms with E-state index in [0.29, 0.717) is 12.8 Å². The monoisotopic (exact) mass is 303 g/mol. The minimum absolute atomic E-state index is 0.175. The highest BCUT2D eigenvalue weighted by molar-refractivity contribution is 7.85. The molecule has 1 heterocycles. The molecule has 2 aromatic carbocycles. The predicted octanol–water partition coefficient (Wildman–Crippen LogP) is 2.91. The number of hydrogen-bond donors (Lipinski definition) is 1. The van der Waals surface area contributed by atoms with Crippen LogP contribution in [0.5, 0.6) is 0 Å². The van der Waals surface area contributed by atoms with Crippen molar-refractivity contribution in [3.8, 4) is 0 Å². The molecule has 1 N–H and O–H groups in total. The van der Waals surface area contributed by atoms with Crippen molar-refractivity contribution in [2.75, 3.05) is 17.2 Å². The van der Waals surface area contributed by atoms with Gasteiger partial charge in [0.25, 0.3) is 10.1 Å². The summed E-state index contributed by atoms with van der Waals surface area (Å²) >= 11 is 0. The van der Waals surface area contributed by atoms with Crippen LogP contribution in [0.3, 0.4) is 0 Å². The van der Waals surface area contributed by atoms with Gasteiger partial charge in [-0.2, -0.15) is 8.42 Å². The van der Waals surface area contributed by atoms with Crippen LogP contribution in [0.15, 0.2) is 36.4 Å². The van der Waals surface area contributed by atoms with Gasteiger partial charge in [-0.15, -0.1) is 0 Å². The molecular weight excluding hydrogens is 286 g/mol. The Morgan fingerprint density at radius 1 is 1.14 bits per heavy atom. The second kappa shape index (κ2) is 5.66. The molecule has 3 rings (SSSR count). The first-order valence-electron chi connectivity index (χ1n) is 7.01. The maximum Gasteiger partial charge on any atom is 0.264 e. The maximum absolute atomic E-state index is 10.7. The Kier molecular flexibility index (Phi) is 3.87. The summed E-state index contributed by atoms with van der Waals surface area (Å²) in [5, 5.41) is 2.48. The second-order valence-electron chi connectivity index (χ2n) is 5.26. The largest absolute Gasteiger partial charge is 0.360 e. The second-order valence-corrected chi connectivity index (χ2v) is 6.84. The van der Waals surface area contributed by atoms with E-state index in [0.717, 1.165) is 18.7 Å². The summed E-state index contributed by atoms with van der Waals surface area (Å²) < 4.78 is 30.1. The Balaban J connectivity index is 1.71. The Labute approximate surface area is 125 Å². The molecule has 0 atom stereocenters. The molecule has 2 aromatic rings. The van der Waals surface area contributed by atoms with Gasteiger partial charge in [-0.05, 0) is 35.2 Å². The molecule has 0 amide bonds. The van der Waals surface area contributed by atoms with Crippen molar-refractivity contribution in [1.82, 2.24) is 0 Å². The Hall–Kier alpha value is -1.59. The molecule has 1 aliphatic heterocycles. The molecule has 2 radical (unpaired) electrons. The fourth-order valence-corrected chi connectivity index (χ4v) is 3.35. The highest BCUT2D eigenvalue weighted by atomic mass is 32.2. The van der Waals surface area contributed by atoms with Gasteiger partial charge in [-0.25, -0.2) is 0 Å². The van der Waals surface area contributed by atoms with Crippen LogP contribution >= 0.6 is 0 Å². The molecule has 1 aliphatic rings. The zero-order chi connectivity index (χ0) is 14.9. The molecule has 0 saturated carbocycles. The first-order valence-corrected chi connectivity index (χ1v) is 8.62. The van der Waals surface area contributed by atoms with E-state index in [1.54, 1.807) is 0 Å². The van der Waals surface area contributed by atoms with Gasteiger partial charge in [0, 0.05) is 18.7 Å². The van der Waals surface area contributed by atoms with Crippen molar-refractivity contribution in [2.24, 2.45) is 0 Å². The molecule has 110 valence electrons. The first kappa shape index (κ1) is 14.4. The van der Waals surface area contributed by atoms with Crippen LogP contribution in [0.25, 0.3) is 10.8 Å². The third-order valence-electron chi connectivity index (χ3n) is 3.79. The van der Waals surface area contributed by atoms with E-state index in [2.05, 4.69) is 35.7 Å². The summed E-state index contributed by atoms with van der Waals surface area (Å²) in [4.78, 5) is 2.06. The van der Waals surface area contributed by atoms with Crippen molar-refractivity contribution in [3.63, 3.8) is 0 Å². The summed E-state index contributed by atoms with van der Waals surface area (Å²) in [5.41, 5.74) is 2.43. The van der Waals surface area contributed by atoms with Gasteiger partial charge in [-0.3, -0.25) is 4.55 Å². The average Bonchev–Trinajstić information content (AvgIpc) is 2.86. The quantitative estimate of drug-likeness (QED) is 0.681. The van der Waals surface area contributed by atoms with Crippen LogP contribution in [0.4, 0.5) is 5.69 Å². The van der Waals surface area contributed by atoms with Crippen molar-refractivity contribution in [2.45, 2.75) is 19.3 Å². The van der Waals surface area contributed by atoms with Gasteiger partial charge >= 0.3 is 0 Å². The number of hydrogen-bond acceptors (Lipinski definition) is 3. The minimum atomic E-state index is -3.85. The normalized spacial score (nSPS) is 14.6. The highest BCUT2D eigenvalue weighted by Gasteiger charge is 2.21. The van der Waals surface area contributed by atoms with E-state index in [1.807, 2.05) is 12.1 Å². The van der Waals surface area contributed by atoms with Crippen molar-refractivity contribution < 1.29 is 13.0 Å². The summed E-state index contributed by atoms with van der Waals surface area (Å²) in [5.74, 6) is -0.175. The van der Waals surface area contributed by atoms with E-state index < -0.39 is 10.1 Å². The number of unbranched alkanes of at least 4 members (excludes halogenated alkanes) is 1. The lowest BCUT2D eigenvalue weighted by atomic mass is 10.0. The minimum Gasteiger partial charge on any atom is -0.360 e. The molecule has 21 heavy (non-hydrogen) atoms. The average molecular weight is 303 g/mol. The van der Waals surface area contributed by atoms with E-state index in [-0.39, 0.29) is 5.75 Å². The number of fused-ring (bicyclic) bond motifs is 3. The molecule has 0 spiro atoms. The van der Waals surface area contributed by atoms with Gasteiger partial charge in [-0.1, -0.05) is 30.3 Å². The lowest BCUT2D eigenvalue weighted by molar-refractivity contribution is 0.480. The zero-order valence-electron chi connectivity index (χ0n) is 11.6.